The van der Waals surface area contributed by atoms with Gasteiger partial charge in [0, 0.05) is 13.1 Å². The predicted octanol–water partition coefficient (Wildman–Crippen LogP) is -5.00. The second-order valence-electron chi connectivity index (χ2n) is 3.82. The van der Waals surface area contributed by atoms with Crippen molar-refractivity contribution < 1.29 is 58.3 Å². The molecule has 0 aliphatic carbocycles. The van der Waals surface area contributed by atoms with Gasteiger partial charge in [0.05, 0.1) is 0 Å². The Balaban J connectivity index is 0. The Labute approximate surface area is 134 Å². The van der Waals surface area contributed by atoms with E-state index in [1.54, 1.807) is 0 Å². The molecule has 0 aromatic carbocycles. The van der Waals surface area contributed by atoms with Gasteiger partial charge in [-0.05, 0) is 25.9 Å². The monoisotopic (exact) mass is 327 g/mol. The molecule has 0 aromatic heterocycles. The van der Waals surface area contributed by atoms with Crippen LogP contribution in [0.2, 0.25) is 0 Å². The van der Waals surface area contributed by atoms with Crippen molar-refractivity contribution in [3.05, 3.63) is 0 Å². The zero-order valence-corrected chi connectivity index (χ0v) is 14.7. The topological polar surface area (TPSA) is 173 Å². The summed E-state index contributed by atoms with van der Waals surface area (Å²) in [6, 6.07) is 0. The average molecular weight is 327 g/mol. The number of nitrogens with two attached hydrogens (primary N) is 2. The van der Waals surface area contributed by atoms with Crippen LogP contribution in [-0.2, 0) is 9.13 Å². The Morgan fingerprint density at radius 2 is 1.42 bits per heavy atom. The molecule has 110 valence electrons. The number of hydrogen-bond donors (Lipinski definition) is 5. The second kappa shape index (κ2) is 10.00. The molecule has 0 aliphatic heterocycles. The van der Waals surface area contributed by atoms with Crippen LogP contribution in [0.3, 0.4) is 0 Å². The molecule has 12 heteroatoms. The molecule has 0 aromatic rings. The Morgan fingerprint density at radius 3 is 1.63 bits per heavy atom. The van der Waals surface area contributed by atoms with E-state index >= 15 is 0 Å². The van der Waals surface area contributed by atoms with Crippen LogP contribution in [0.25, 0.3) is 0 Å². The van der Waals surface area contributed by atoms with Gasteiger partial charge in [0.25, 0.3) is 0 Å². The van der Waals surface area contributed by atoms with Crippen molar-refractivity contribution in [2.45, 2.75) is 18.4 Å². The zero-order valence-electron chi connectivity index (χ0n) is 10.9. The second-order valence-corrected chi connectivity index (χ2v) is 7.51. The minimum atomic E-state index is -5.20. The Hall–Kier alpha value is 1.18. The molecule has 19 heavy (non-hydrogen) atoms. The largest absolute Gasteiger partial charge is 1.00 e. The summed E-state index contributed by atoms with van der Waals surface area (Å²) in [6.45, 7) is 0.585. The molecule has 0 bridgehead atoms. The molecule has 2 atom stereocenters. The first-order valence-corrected chi connectivity index (χ1v) is 8.70. The zero-order chi connectivity index (χ0) is 14.4. The maximum Gasteiger partial charge on any atom is 1.00 e. The van der Waals surface area contributed by atoms with E-state index in [0.717, 1.165) is 4.90 Å². The van der Waals surface area contributed by atoms with Crippen LogP contribution < -0.4 is 45.9 Å². The first-order valence-electron chi connectivity index (χ1n) is 5.37. The van der Waals surface area contributed by atoms with Crippen molar-refractivity contribution in [1.29, 1.82) is 0 Å². The third-order valence-electron chi connectivity index (χ3n) is 2.22. The summed E-state index contributed by atoms with van der Waals surface area (Å²) < 4.78 is 22.3. The van der Waals surface area contributed by atoms with Crippen LogP contribution in [0, 0.1) is 0 Å². The quantitative estimate of drug-likeness (QED) is 0.205. The normalized spacial score (nSPS) is 16.8. The summed E-state index contributed by atoms with van der Waals surface area (Å²) in [5.74, 6) is 0. The van der Waals surface area contributed by atoms with Gasteiger partial charge in [0.15, 0.2) is 13.1 Å². The van der Waals surface area contributed by atoms with Gasteiger partial charge in [0.1, 0.15) is 0 Å². The molecule has 0 fully saturated rings. The van der Waals surface area contributed by atoms with E-state index in [2.05, 4.69) is 0 Å². The molecule has 9 nitrogen and oxygen atoms in total. The maximum atomic E-state index is 11.2. The third-order valence-corrected chi connectivity index (χ3v) is 5.83. The molecule has 0 spiro atoms. The Bertz CT molecular complexity index is 305. The molecular weight excluding hydrogens is 307 g/mol. The van der Waals surface area contributed by atoms with Crippen LogP contribution in [0.4, 0.5) is 0 Å². The summed E-state index contributed by atoms with van der Waals surface area (Å²) in [5, 5.41) is 0. The molecule has 7 N–H and O–H groups in total. The minimum Gasteiger partial charge on any atom is -0.777 e. The molecule has 0 aliphatic rings. The van der Waals surface area contributed by atoms with Gasteiger partial charge in [-0.15, -0.1) is 0 Å². The minimum absolute atomic E-state index is 0. The third kappa shape index (κ3) is 8.93. The fourth-order valence-electron chi connectivity index (χ4n) is 1.54. The van der Waals surface area contributed by atoms with Crippen molar-refractivity contribution >= 4 is 15.2 Å². The van der Waals surface area contributed by atoms with Gasteiger partial charge in [-0.2, -0.15) is 0 Å². The van der Waals surface area contributed by atoms with Gasteiger partial charge < -0.3 is 35.6 Å². The molecule has 0 radical (unpaired) electrons. The Kier molecular flexibility index (Phi) is 11.8. The number of rotatable bonds is 9. The molecule has 0 amide bonds. The van der Waals surface area contributed by atoms with Gasteiger partial charge in [0.2, 0.25) is 0 Å². The van der Waals surface area contributed by atoms with Crippen molar-refractivity contribution in [3.8, 4) is 0 Å². The van der Waals surface area contributed by atoms with Crippen molar-refractivity contribution in [2.75, 3.05) is 26.2 Å². The summed E-state index contributed by atoms with van der Waals surface area (Å²) in [7, 11) is -10.2. The Morgan fingerprint density at radius 1 is 1.05 bits per heavy atom. The van der Waals surface area contributed by atoms with E-state index in [4.69, 9.17) is 26.1 Å². The van der Waals surface area contributed by atoms with Gasteiger partial charge >= 0.3 is 37.2 Å². The summed E-state index contributed by atoms with van der Waals surface area (Å²) in [6.07, 6.45) is 0.697. The van der Waals surface area contributed by atoms with Crippen LogP contribution in [0.15, 0.2) is 0 Å². The smallest absolute Gasteiger partial charge is 0.777 e. The average Bonchev–Trinajstić information content (AvgIpc) is 2.17. The van der Waals surface area contributed by atoms with Crippen LogP contribution in [0.1, 0.15) is 12.8 Å². The summed E-state index contributed by atoms with van der Waals surface area (Å²) in [4.78, 5) is 39.2. The van der Waals surface area contributed by atoms with Gasteiger partial charge in [-0.3, -0.25) is 9.46 Å². The molecule has 0 saturated heterocycles. The van der Waals surface area contributed by atoms with E-state index in [1.165, 1.54) is 0 Å². The molecule has 0 saturated carbocycles. The first kappa shape index (κ1) is 22.5. The number of hydrogen-bond acceptors (Lipinski definition) is 6. The van der Waals surface area contributed by atoms with Gasteiger partial charge in [-0.25, -0.2) is 0 Å². The number of nitrogens with zero attached hydrogens (tertiary/aromatic N) is 1. The first-order chi connectivity index (χ1) is 8.14. The molecular formula is C7H20N3NaO6P2. The SMILES string of the molecule is NCCCN(CCCN)C(P(=O)([O-])O)P(=O)(O)O.[Na+]. The van der Waals surface area contributed by atoms with Crippen LogP contribution in [-0.4, -0.2) is 51.3 Å². The van der Waals surface area contributed by atoms with Crippen molar-refractivity contribution in [2.24, 2.45) is 11.5 Å². The molecule has 2 unspecified atom stereocenters. The van der Waals surface area contributed by atoms with E-state index in [0.29, 0.717) is 12.8 Å². The van der Waals surface area contributed by atoms with Crippen molar-refractivity contribution in [3.63, 3.8) is 0 Å². The fraction of sp³-hybridized carbons (Fsp3) is 1.00. The standard InChI is InChI=1S/C7H21N3O6P2.Na/c8-3-1-5-10(6-2-4-9)7(17(11,12)13)18(14,15)16;/h7H,1-6,8-9H2,(H2,11,12,13)(H2,14,15,16);/q;+1/p-1. The summed E-state index contributed by atoms with van der Waals surface area (Å²) in [5.41, 5.74) is 8.30. The van der Waals surface area contributed by atoms with E-state index in [-0.39, 0.29) is 55.7 Å². The molecule has 0 rings (SSSR count). The molecule has 0 heterocycles. The van der Waals surface area contributed by atoms with Gasteiger partial charge in [-0.1, -0.05) is 0 Å². The fourth-order valence-corrected chi connectivity index (χ4v) is 4.36. The van der Waals surface area contributed by atoms with E-state index in [9.17, 15) is 14.0 Å². The maximum absolute atomic E-state index is 11.2. The van der Waals surface area contributed by atoms with Crippen LogP contribution >= 0.6 is 15.2 Å². The van der Waals surface area contributed by atoms with E-state index in [1.807, 2.05) is 0 Å². The van der Waals surface area contributed by atoms with Crippen molar-refractivity contribution in [1.82, 2.24) is 4.90 Å². The van der Waals surface area contributed by atoms with Crippen LogP contribution in [0.5, 0.6) is 0 Å². The summed E-state index contributed by atoms with van der Waals surface area (Å²) >= 11 is 0. The van der Waals surface area contributed by atoms with E-state index < -0.39 is 20.7 Å². The predicted molar refractivity (Wildman–Crippen MR) is 64.6 cm³/mol.